The normalized spacial score (nSPS) is 10.8. The first-order valence-electron chi connectivity index (χ1n) is 5.59. The van der Waals surface area contributed by atoms with E-state index in [0.29, 0.717) is 5.69 Å². The third-order valence-electron chi connectivity index (χ3n) is 1.93. The monoisotopic (exact) mass is 258 g/mol. The maximum Gasteiger partial charge on any atom is 0.309 e. The maximum atomic E-state index is 10.5. The number of rotatable bonds is 8. The first-order chi connectivity index (χ1) is 8.08. The maximum absolute atomic E-state index is 10.5. The van der Waals surface area contributed by atoms with Crippen molar-refractivity contribution in [1.29, 1.82) is 0 Å². The van der Waals surface area contributed by atoms with E-state index in [1.54, 1.807) is 5.38 Å². The zero-order valence-electron chi connectivity index (χ0n) is 10.1. The largest absolute Gasteiger partial charge is 0.481 e. The van der Waals surface area contributed by atoms with Crippen LogP contribution in [0.3, 0.4) is 0 Å². The minimum absolute atomic E-state index is 0.0192. The fraction of sp³-hybridized carbons (Fsp3) is 0.636. The first kappa shape index (κ1) is 13.9. The van der Waals surface area contributed by atoms with E-state index in [2.05, 4.69) is 10.3 Å². The standard InChI is InChI=1S/C11H18N2O3S/c1-8(2)16-5-3-4-12-11-13-9(7-17-11)6-10(14)15/h7-8H,3-6H2,1-2H3,(H,12,13)(H,14,15). The number of nitrogens with one attached hydrogen (secondary N) is 1. The number of aromatic nitrogens is 1. The molecule has 5 nitrogen and oxygen atoms in total. The molecule has 2 N–H and O–H groups in total. The van der Waals surface area contributed by atoms with Crippen molar-refractivity contribution in [2.75, 3.05) is 18.5 Å². The molecule has 0 amide bonds. The lowest BCUT2D eigenvalue weighted by Crippen LogP contribution is -2.09. The Bertz CT molecular complexity index is 352. The van der Waals surface area contributed by atoms with Crippen molar-refractivity contribution in [1.82, 2.24) is 4.98 Å². The highest BCUT2D eigenvalue weighted by Crippen LogP contribution is 2.15. The molecule has 0 fully saturated rings. The molecular weight excluding hydrogens is 240 g/mol. The van der Waals surface area contributed by atoms with Crippen LogP contribution in [0, 0.1) is 0 Å². The van der Waals surface area contributed by atoms with Gasteiger partial charge in [0.2, 0.25) is 0 Å². The van der Waals surface area contributed by atoms with Crippen molar-refractivity contribution in [2.45, 2.75) is 32.8 Å². The molecule has 0 atom stereocenters. The Morgan fingerprint density at radius 2 is 2.41 bits per heavy atom. The summed E-state index contributed by atoms with van der Waals surface area (Å²) in [7, 11) is 0. The Labute approximate surface area is 105 Å². The molecule has 0 saturated heterocycles. The van der Waals surface area contributed by atoms with E-state index in [1.807, 2.05) is 13.8 Å². The molecule has 1 aromatic heterocycles. The van der Waals surface area contributed by atoms with Gasteiger partial charge in [0, 0.05) is 18.5 Å². The van der Waals surface area contributed by atoms with Crippen LogP contribution in [0.4, 0.5) is 5.13 Å². The van der Waals surface area contributed by atoms with E-state index in [1.165, 1.54) is 11.3 Å². The van der Waals surface area contributed by atoms with Crippen molar-refractivity contribution in [3.63, 3.8) is 0 Å². The van der Waals surface area contributed by atoms with Crippen molar-refractivity contribution in [3.05, 3.63) is 11.1 Å². The fourth-order valence-electron chi connectivity index (χ4n) is 1.21. The molecule has 0 aromatic carbocycles. The van der Waals surface area contributed by atoms with Gasteiger partial charge in [-0.05, 0) is 20.3 Å². The molecule has 0 bridgehead atoms. The van der Waals surface area contributed by atoms with E-state index in [-0.39, 0.29) is 12.5 Å². The summed E-state index contributed by atoms with van der Waals surface area (Å²) >= 11 is 1.43. The molecule has 0 aliphatic heterocycles. The van der Waals surface area contributed by atoms with E-state index >= 15 is 0 Å². The van der Waals surface area contributed by atoms with Crippen LogP contribution in [0.15, 0.2) is 5.38 Å². The SMILES string of the molecule is CC(C)OCCCNc1nc(CC(=O)O)cs1. The number of carbonyl (C=O) groups is 1. The van der Waals surface area contributed by atoms with Crippen LogP contribution in [0.1, 0.15) is 26.0 Å². The Balaban J connectivity index is 2.18. The highest BCUT2D eigenvalue weighted by molar-refractivity contribution is 7.13. The number of aliphatic carboxylic acids is 1. The van der Waals surface area contributed by atoms with Crippen molar-refractivity contribution >= 4 is 22.4 Å². The number of thiazole rings is 1. The molecule has 6 heteroatoms. The third-order valence-corrected chi connectivity index (χ3v) is 2.78. The van der Waals surface area contributed by atoms with Crippen LogP contribution in [0.5, 0.6) is 0 Å². The zero-order valence-corrected chi connectivity index (χ0v) is 10.9. The minimum Gasteiger partial charge on any atom is -0.481 e. The molecule has 1 rings (SSSR count). The topological polar surface area (TPSA) is 71.5 Å². The summed E-state index contributed by atoms with van der Waals surface area (Å²) in [6, 6.07) is 0. The summed E-state index contributed by atoms with van der Waals surface area (Å²) in [6.45, 7) is 5.52. The van der Waals surface area contributed by atoms with Gasteiger partial charge in [0.25, 0.3) is 0 Å². The highest BCUT2D eigenvalue weighted by atomic mass is 32.1. The van der Waals surface area contributed by atoms with E-state index in [9.17, 15) is 4.79 Å². The van der Waals surface area contributed by atoms with Crippen LogP contribution in [0.25, 0.3) is 0 Å². The summed E-state index contributed by atoms with van der Waals surface area (Å²) < 4.78 is 5.40. The molecule has 0 aliphatic rings. The Morgan fingerprint density at radius 1 is 1.65 bits per heavy atom. The lowest BCUT2D eigenvalue weighted by Gasteiger charge is -2.07. The van der Waals surface area contributed by atoms with Crippen molar-refractivity contribution < 1.29 is 14.6 Å². The summed E-state index contributed by atoms with van der Waals surface area (Å²) in [5, 5.41) is 14.3. The van der Waals surface area contributed by atoms with Crippen molar-refractivity contribution in [2.24, 2.45) is 0 Å². The number of carboxylic acid groups (broad SMARTS) is 1. The van der Waals surface area contributed by atoms with Crippen LogP contribution < -0.4 is 5.32 Å². The molecule has 0 radical (unpaired) electrons. The first-order valence-corrected chi connectivity index (χ1v) is 6.47. The molecule has 96 valence electrons. The molecule has 0 unspecified atom stereocenters. The van der Waals surface area contributed by atoms with Gasteiger partial charge in [-0.1, -0.05) is 0 Å². The van der Waals surface area contributed by atoms with E-state index in [4.69, 9.17) is 9.84 Å². The van der Waals surface area contributed by atoms with Gasteiger partial charge in [0.1, 0.15) is 0 Å². The van der Waals surface area contributed by atoms with Gasteiger partial charge in [-0.3, -0.25) is 4.79 Å². The van der Waals surface area contributed by atoms with E-state index < -0.39 is 5.97 Å². The predicted octanol–water partition coefficient (Wildman–Crippen LogP) is 2.00. The Kier molecular flexibility index (Phi) is 5.93. The molecule has 17 heavy (non-hydrogen) atoms. The third kappa shape index (κ3) is 6.23. The molecular formula is C11H18N2O3S. The molecule has 0 spiro atoms. The van der Waals surface area contributed by atoms with Gasteiger partial charge in [0.05, 0.1) is 18.2 Å². The lowest BCUT2D eigenvalue weighted by atomic mass is 10.3. The fourth-order valence-corrected chi connectivity index (χ4v) is 1.95. The number of hydrogen-bond donors (Lipinski definition) is 2. The quantitative estimate of drug-likeness (QED) is 0.698. The summed E-state index contributed by atoms with van der Waals surface area (Å²) in [6.07, 6.45) is 1.15. The van der Waals surface area contributed by atoms with Crippen LogP contribution >= 0.6 is 11.3 Å². The molecule has 1 heterocycles. The second-order valence-corrected chi connectivity index (χ2v) is 4.77. The Hall–Kier alpha value is -1.14. The summed E-state index contributed by atoms with van der Waals surface area (Å²) in [5.41, 5.74) is 0.600. The highest BCUT2D eigenvalue weighted by Gasteiger charge is 2.05. The van der Waals surface area contributed by atoms with Gasteiger partial charge in [-0.25, -0.2) is 4.98 Å². The second kappa shape index (κ2) is 7.24. The van der Waals surface area contributed by atoms with Gasteiger partial charge in [-0.2, -0.15) is 0 Å². The van der Waals surface area contributed by atoms with Gasteiger partial charge >= 0.3 is 5.97 Å². The Morgan fingerprint density at radius 3 is 3.06 bits per heavy atom. The van der Waals surface area contributed by atoms with Crippen molar-refractivity contribution in [3.8, 4) is 0 Å². The smallest absolute Gasteiger partial charge is 0.309 e. The number of hydrogen-bond acceptors (Lipinski definition) is 5. The minimum atomic E-state index is -0.854. The van der Waals surface area contributed by atoms with E-state index in [0.717, 1.165) is 24.7 Å². The lowest BCUT2D eigenvalue weighted by molar-refractivity contribution is -0.136. The summed E-state index contributed by atoms with van der Waals surface area (Å²) in [5.74, 6) is -0.854. The molecule has 1 aromatic rings. The van der Waals surface area contributed by atoms with Gasteiger partial charge < -0.3 is 15.2 Å². The number of ether oxygens (including phenoxy) is 1. The molecule has 0 aliphatic carbocycles. The van der Waals surface area contributed by atoms with Gasteiger partial charge in [0.15, 0.2) is 5.13 Å². The van der Waals surface area contributed by atoms with Crippen LogP contribution in [0.2, 0.25) is 0 Å². The number of nitrogens with zero attached hydrogens (tertiary/aromatic N) is 1. The van der Waals surface area contributed by atoms with Crippen LogP contribution in [-0.4, -0.2) is 35.3 Å². The zero-order chi connectivity index (χ0) is 12.7. The molecule has 0 saturated carbocycles. The second-order valence-electron chi connectivity index (χ2n) is 3.91. The average molecular weight is 258 g/mol. The van der Waals surface area contributed by atoms with Crippen LogP contribution in [-0.2, 0) is 16.0 Å². The number of carboxylic acids is 1. The number of anilines is 1. The average Bonchev–Trinajstić information content (AvgIpc) is 2.63. The van der Waals surface area contributed by atoms with Gasteiger partial charge in [-0.15, -0.1) is 11.3 Å². The predicted molar refractivity (Wildman–Crippen MR) is 67.6 cm³/mol. The summed E-state index contributed by atoms with van der Waals surface area (Å²) in [4.78, 5) is 14.6.